The normalized spacial score (nSPS) is 15.9. The Morgan fingerprint density at radius 3 is 2.83 bits per heavy atom. The summed E-state index contributed by atoms with van der Waals surface area (Å²) in [5.74, 6) is 1.60. The van der Waals surface area contributed by atoms with Crippen LogP contribution in [-0.4, -0.2) is 31.2 Å². The molecule has 6 heteroatoms. The van der Waals surface area contributed by atoms with Crippen LogP contribution in [0.5, 0.6) is 0 Å². The second kappa shape index (κ2) is 6.13. The predicted octanol–water partition coefficient (Wildman–Crippen LogP) is 3.06. The first kappa shape index (κ1) is 15.0. The van der Waals surface area contributed by atoms with Crippen molar-refractivity contribution in [2.75, 3.05) is 6.54 Å². The van der Waals surface area contributed by atoms with Gasteiger partial charge in [-0.15, -0.1) is 10.2 Å². The van der Waals surface area contributed by atoms with Crippen LogP contribution in [0.2, 0.25) is 0 Å². The van der Waals surface area contributed by atoms with E-state index in [-0.39, 0.29) is 11.9 Å². The summed E-state index contributed by atoms with van der Waals surface area (Å²) in [6.45, 7) is 4.48. The van der Waals surface area contributed by atoms with Crippen LogP contribution in [0.25, 0.3) is 11.4 Å². The molecule has 122 valence electrons. The third kappa shape index (κ3) is 2.69. The minimum atomic E-state index is -0.196. The van der Waals surface area contributed by atoms with Crippen LogP contribution in [-0.2, 0) is 13.1 Å². The van der Waals surface area contributed by atoms with Crippen LogP contribution in [0.1, 0.15) is 24.4 Å². The summed E-state index contributed by atoms with van der Waals surface area (Å²) in [6.07, 6.45) is 3.55. The van der Waals surface area contributed by atoms with Crippen molar-refractivity contribution in [3.8, 4) is 11.4 Å². The molecule has 0 saturated heterocycles. The van der Waals surface area contributed by atoms with Crippen LogP contribution in [0, 0.1) is 5.82 Å². The van der Waals surface area contributed by atoms with Gasteiger partial charge in [0.1, 0.15) is 11.6 Å². The molecule has 3 heterocycles. The van der Waals surface area contributed by atoms with Gasteiger partial charge in [-0.25, -0.2) is 4.39 Å². The van der Waals surface area contributed by atoms with Crippen molar-refractivity contribution in [1.82, 2.24) is 24.6 Å². The highest BCUT2D eigenvalue weighted by Crippen LogP contribution is 2.27. The molecule has 0 N–H and O–H groups in total. The molecule has 24 heavy (non-hydrogen) atoms. The molecule has 5 nitrogen and oxygen atoms in total. The van der Waals surface area contributed by atoms with E-state index in [2.05, 4.69) is 31.6 Å². The predicted molar refractivity (Wildman–Crippen MR) is 88.5 cm³/mol. The smallest absolute Gasteiger partial charge is 0.165 e. The lowest BCUT2D eigenvalue weighted by Crippen LogP contribution is -2.36. The zero-order valence-electron chi connectivity index (χ0n) is 13.4. The average Bonchev–Trinajstić information content (AvgIpc) is 3.05. The SMILES string of the molecule is CC(c1cccc(F)c1)N1CCn2c(nnc2-c2cccnc2)C1. The van der Waals surface area contributed by atoms with E-state index in [0.717, 1.165) is 35.9 Å². The zero-order chi connectivity index (χ0) is 16.5. The van der Waals surface area contributed by atoms with Crippen LogP contribution < -0.4 is 0 Å². The third-order valence-corrected chi connectivity index (χ3v) is 4.58. The van der Waals surface area contributed by atoms with E-state index in [1.54, 1.807) is 24.5 Å². The van der Waals surface area contributed by atoms with Crippen molar-refractivity contribution in [2.24, 2.45) is 0 Å². The Balaban J connectivity index is 1.58. The summed E-state index contributed by atoms with van der Waals surface area (Å²) in [5.41, 5.74) is 1.96. The van der Waals surface area contributed by atoms with Crippen molar-refractivity contribution in [3.05, 3.63) is 66.0 Å². The number of pyridine rings is 1. The molecule has 0 radical (unpaired) electrons. The minimum absolute atomic E-state index is 0.132. The molecule has 0 spiro atoms. The molecule has 4 rings (SSSR count). The molecule has 0 aliphatic carbocycles. The summed E-state index contributed by atoms with van der Waals surface area (Å²) in [5, 5.41) is 8.68. The van der Waals surface area contributed by atoms with E-state index in [4.69, 9.17) is 0 Å². The second-order valence-corrected chi connectivity index (χ2v) is 6.03. The van der Waals surface area contributed by atoms with E-state index in [0.29, 0.717) is 6.54 Å². The van der Waals surface area contributed by atoms with Gasteiger partial charge in [-0.3, -0.25) is 9.88 Å². The van der Waals surface area contributed by atoms with Crippen LogP contribution in [0.4, 0.5) is 4.39 Å². The Hall–Kier alpha value is -2.60. The van der Waals surface area contributed by atoms with E-state index in [1.165, 1.54) is 6.07 Å². The number of aromatic nitrogens is 4. The van der Waals surface area contributed by atoms with E-state index in [1.807, 2.05) is 18.2 Å². The Morgan fingerprint density at radius 1 is 1.12 bits per heavy atom. The molecule has 3 aromatic rings. The summed E-state index contributed by atoms with van der Waals surface area (Å²) in [6, 6.07) is 10.8. The number of hydrogen-bond acceptors (Lipinski definition) is 4. The highest BCUT2D eigenvalue weighted by Gasteiger charge is 2.25. The fraction of sp³-hybridized carbons (Fsp3) is 0.278. The molecule has 2 aromatic heterocycles. The second-order valence-electron chi connectivity index (χ2n) is 6.03. The van der Waals surface area contributed by atoms with Gasteiger partial charge >= 0.3 is 0 Å². The Labute approximate surface area is 139 Å². The van der Waals surface area contributed by atoms with Gasteiger partial charge in [-0.05, 0) is 36.8 Å². The maximum absolute atomic E-state index is 13.5. The maximum atomic E-state index is 13.5. The van der Waals surface area contributed by atoms with Crippen molar-refractivity contribution < 1.29 is 4.39 Å². The highest BCUT2D eigenvalue weighted by atomic mass is 19.1. The first-order valence-electron chi connectivity index (χ1n) is 8.04. The van der Waals surface area contributed by atoms with Crippen molar-refractivity contribution in [3.63, 3.8) is 0 Å². The van der Waals surface area contributed by atoms with Crippen molar-refractivity contribution in [2.45, 2.75) is 26.1 Å². The molecule has 1 atom stereocenters. The fourth-order valence-electron chi connectivity index (χ4n) is 3.19. The summed E-state index contributed by atoms with van der Waals surface area (Å²) in [7, 11) is 0. The monoisotopic (exact) mass is 323 g/mol. The zero-order valence-corrected chi connectivity index (χ0v) is 13.4. The molecule has 0 bridgehead atoms. The Kier molecular flexibility index (Phi) is 3.82. The molecule has 1 aliphatic heterocycles. The standard InChI is InChI=1S/C18H18FN5/c1-13(14-4-2-6-16(19)10-14)23-8-9-24-17(12-23)21-22-18(24)15-5-3-7-20-11-15/h2-7,10-11,13H,8-9,12H2,1H3. The van der Waals surface area contributed by atoms with Gasteiger partial charge in [0.2, 0.25) is 0 Å². The van der Waals surface area contributed by atoms with Crippen LogP contribution >= 0.6 is 0 Å². The number of hydrogen-bond donors (Lipinski definition) is 0. The molecule has 0 amide bonds. The van der Waals surface area contributed by atoms with Gasteiger partial charge in [0.05, 0.1) is 6.54 Å². The molecule has 1 aromatic carbocycles. The van der Waals surface area contributed by atoms with E-state index >= 15 is 0 Å². The summed E-state index contributed by atoms with van der Waals surface area (Å²) in [4.78, 5) is 6.45. The number of benzene rings is 1. The summed E-state index contributed by atoms with van der Waals surface area (Å²) >= 11 is 0. The van der Waals surface area contributed by atoms with Gasteiger partial charge in [0.25, 0.3) is 0 Å². The molecule has 0 saturated carbocycles. The van der Waals surface area contributed by atoms with Crippen molar-refractivity contribution in [1.29, 1.82) is 0 Å². The Morgan fingerprint density at radius 2 is 2.04 bits per heavy atom. The number of nitrogens with zero attached hydrogens (tertiary/aromatic N) is 5. The minimum Gasteiger partial charge on any atom is -0.309 e. The van der Waals surface area contributed by atoms with Crippen LogP contribution in [0.15, 0.2) is 48.8 Å². The van der Waals surface area contributed by atoms with Gasteiger partial charge in [-0.1, -0.05) is 12.1 Å². The average molecular weight is 323 g/mol. The topological polar surface area (TPSA) is 46.8 Å². The third-order valence-electron chi connectivity index (χ3n) is 4.58. The largest absolute Gasteiger partial charge is 0.309 e. The molecule has 1 unspecified atom stereocenters. The number of halogens is 1. The quantitative estimate of drug-likeness (QED) is 0.743. The van der Waals surface area contributed by atoms with Gasteiger partial charge in [-0.2, -0.15) is 0 Å². The first-order valence-corrected chi connectivity index (χ1v) is 8.04. The lowest BCUT2D eigenvalue weighted by atomic mass is 10.1. The number of rotatable bonds is 3. The van der Waals surface area contributed by atoms with Crippen LogP contribution in [0.3, 0.4) is 0 Å². The molecular formula is C18H18FN5. The lowest BCUT2D eigenvalue weighted by molar-refractivity contribution is 0.163. The maximum Gasteiger partial charge on any atom is 0.165 e. The first-order chi connectivity index (χ1) is 11.7. The lowest BCUT2D eigenvalue weighted by Gasteiger charge is -2.33. The van der Waals surface area contributed by atoms with Gasteiger partial charge < -0.3 is 4.57 Å². The van der Waals surface area contributed by atoms with E-state index < -0.39 is 0 Å². The van der Waals surface area contributed by atoms with Gasteiger partial charge in [0, 0.05) is 37.1 Å². The molecule has 1 aliphatic rings. The fourth-order valence-corrected chi connectivity index (χ4v) is 3.19. The molecular weight excluding hydrogens is 305 g/mol. The molecule has 0 fully saturated rings. The van der Waals surface area contributed by atoms with Crippen molar-refractivity contribution >= 4 is 0 Å². The van der Waals surface area contributed by atoms with Gasteiger partial charge in [0.15, 0.2) is 5.82 Å². The van der Waals surface area contributed by atoms with E-state index in [9.17, 15) is 4.39 Å². The summed E-state index contributed by atoms with van der Waals surface area (Å²) < 4.78 is 15.6. The Bertz CT molecular complexity index is 846. The number of fused-ring (bicyclic) bond motifs is 1. The highest BCUT2D eigenvalue weighted by molar-refractivity contribution is 5.53.